The smallest absolute Gasteiger partial charge is 0.187 e. The Balaban J connectivity index is 2.71. The Morgan fingerprint density at radius 3 is 2.67 bits per heavy atom. The van der Waals surface area contributed by atoms with Crippen molar-refractivity contribution < 1.29 is 14.5 Å². The summed E-state index contributed by atoms with van der Waals surface area (Å²) < 4.78 is 2.05. The Hall–Kier alpha value is -1.38. The van der Waals surface area contributed by atoms with E-state index >= 15 is 0 Å². The lowest BCUT2D eigenvalue weighted by Gasteiger charge is -2.06. The van der Waals surface area contributed by atoms with Crippen LogP contribution in [0.5, 0.6) is 0 Å². The normalized spacial score (nSPS) is 10.6. The molecule has 0 fully saturated rings. The van der Waals surface area contributed by atoms with Crippen LogP contribution in [0.3, 0.4) is 0 Å². The fourth-order valence-corrected chi connectivity index (χ4v) is 2.07. The highest BCUT2D eigenvalue weighted by Crippen LogP contribution is 2.04. The molecule has 1 aromatic rings. The summed E-state index contributed by atoms with van der Waals surface area (Å²) in [5.74, 6) is -1.01. The van der Waals surface area contributed by atoms with Crippen LogP contribution in [0.2, 0.25) is 0 Å². The summed E-state index contributed by atoms with van der Waals surface area (Å²) in [5.41, 5.74) is 2.03. The van der Waals surface area contributed by atoms with Gasteiger partial charge in [0.2, 0.25) is 0 Å². The molecule has 18 heavy (non-hydrogen) atoms. The maximum atomic E-state index is 10.8. The van der Waals surface area contributed by atoms with Crippen LogP contribution in [-0.4, -0.2) is 5.97 Å². The second-order valence-corrected chi connectivity index (χ2v) is 4.68. The van der Waals surface area contributed by atoms with Crippen LogP contribution in [-0.2, 0) is 24.2 Å². The van der Waals surface area contributed by atoms with E-state index in [0.717, 1.165) is 25.1 Å². The summed E-state index contributed by atoms with van der Waals surface area (Å²) in [7, 11) is 0. The van der Waals surface area contributed by atoms with Crippen LogP contribution in [0.4, 0.5) is 0 Å². The van der Waals surface area contributed by atoms with Crippen LogP contribution in [0, 0.1) is 0 Å². The van der Waals surface area contributed by atoms with Gasteiger partial charge in [-0.1, -0.05) is 26.7 Å². The Kier molecular flexibility index (Phi) is 6.40. The summed E-state index contributed by atoms with van der Waals surface area (Å²) in [6, 6.07) is 4.05. The quantitative estimate of drug-likeness (QED) is 0.516. The van der Waals surface area contributed by atoms with E-state index in [9.17, 15) is 9.90 Å². The van der Waals surface area contributed by atoms with Crippen molar-refractivity contribution in [3.63, 3.8) is 0 Å². The maximum absolute atomic E-state index is 10.8. The Bertz CT molecular complexity index is 388. The maximum Gasteiger partial charge on any atom is 0.187 e. The lowest BCUT2D eigenvalue weighted by molar-refractivity contribution is -0.704. The predicted octanol–water partition coefficient (Wildman–Crippen LogP) is 1.41. The summed E-state index contributed by atoms with van der Waals surface area (Å²) >= 11 is 0. The first kappa shape index (κ1) is 14.7. The third-order valence-electron chi connectivity index (χ3n) is 3.18. The molecule has 0 radical (unpaired) electrons. The topological polar surface area (TPSA) is 44.0 Å². The monoisotopic (exact) mass is 249 g/mol. The number of carbonyl (C=O) groups is 1. The number of hydrogen-bond acceptors (Lipinski definition) is 2. The van der Waals surface area contributed by atoms with Crippen LogP contribution in [0.1, 0.15) is 50.8 Å². The highest BCUT2D eigenvalue weighted by molar-refractivity contribution is 5.66. The van der Waals surface area contributed by atoms with E-state index in [1.807, 2.05) is 16.8 Å². The van der Waals surface area contributed by atoms with Crippen LogP contribution >= 0.6 is 0 Å². The van der Waals surface area contributed by atoms with Crippen molar-refractivity contribution in [1.29, 1.82) is 0 Å². The molecule has 0 N–H and O–H groups in total. The number of carboxylic acids is 1. The molecular weight excluding hydrogens is 226 g/mol. The van der Waals surface area contributed by atoms with Gasteiger partial charge in [-0.15, -0.1) is 0 Å². The van der Waals surface area contributed by atoms with E-state index in [4.69, 9.17) is 0 Å². The second kappa shape index (κ2) is 7.85. The number of nitrogens with zero attached hydrogens (tertiary/aromatic N) is 1. The zero-order valence-electron chi connectivity index (χ0n) is 11.4. The van der Waals surface area contributed by atoms with E-state index in [1.54, 1.807) is 0 Å². The molecule has 0 aliphatic heterocycles. The zero-order chi connectivity index (χ0) is 13.4. The van der Waals surface area contributed by atoms with Crippen molar-refractivity contribution in [2.75, 3.05) is 0 Å². The van der Waals surface area contributed by atoms with E-state index in [0.29, 0.717) is 0 Å². The van der Waals surface area contributed by atoms with Gasteiger partial charge in [-0.05, 0) is 18.4 Å². The average molecular weight is 249 g/mol. The fraction of sp³-hybridized carbons (Fsp3) is 0.600. The van der Waals surface area contributed by atoms with Gasteiger partial charge in [0.05, 0.1) is 12.4 Å². The SMILES string of the molecule is CCCCCC[n+]1ccc(CC)cc1CC(=O)[O-]. The van der Waals surface area contributed by atoms with Crippen molar-refractivity contribution >= 4 is 5.97 Å². The van der Waals surface area contributed by atoms with Gasteiger partial charge < -0.3 is 9.90 Å². The van der Waals surface area contributed by atoms with Gasteiger partial charge in [-0.3, -0.25) is 0 Å². The molecule has 0 amide bonds. The van der Waals surface area contributed by atoms with E-state index in [-0.39, 0.29) is 6.42 Å². The van der Waals surface area contributed by atoms with E-state index in [2.05, 4.69) is 19.9 Å². The van der Waals surface area contributed by atoms with Crippen molar-refractivity contribution in [1.82, 2.24) is 0 Å². The minimum Gasteiger partial charge on any atom is -0.550 e. The van der Waals surface area contributed by atoms with Gasteiger partial charge in [-0.2, -0.15) is 0 Å². The Morgan fingerprint density at radius 1 is 1.28 bits per heavy atom. The number of aromatic nitrogens is 1. The third kappa shape index (κ3) is 4.86. The third-order valence-corrected chi connectivity index (χ3v) is 3.18. The summed E-state index contributed by atoms with van der Waals surface area (Å²) in [4.78, 5) is 10.8. The molecule has 0 spiro atoms. The number of aryl methyl sites for hydroxylation is 2. The lowest BCUT2D eigenvalue weighted by atomic mass is 10.1. The van der Waals surface area contributed by atoms with Crippen LogP contribution in [0.25, 0.3) is 0 Å². The molecule has 0 atom stereocenters. The summed E-state index contributed by atoms with van der Waals surface area (Å²) in [5, 5.41) is 10.8. The van der Waals surface area contributed by atoms with Crippen molar-refractivity contribution in [2.24, 2.45) is 0 Å². The Labute approximate surface area is 109 Å². The first-order chi connectivity index (χ1) is 8.67. The van der Waals surface area contributed by atoms with Crippen molar-refractivity contribution in [3.8, 4) is 0 Å². The molecule has 0 saturated carbocycles. The predicted molar refractivity (Wildman–Crippen MR) is 68.9 cm³/mol. The summed E-state index contributed by atoms with van der Waals surface area (Å²) in [6.07, 6.45) is 7.68. The van der Waals surface area contributed by atoms with Gasteiger partial charge >= 0.3 is 0 Å². The molecule has 0 bridgehead atoms. The number of hydrogen-bond donors (Lipinski definition) is 0. The number of rotatable bonds is 8. The van der Waals surface area contributed by atoms with E-state index in [1.165, 1.54) is 24.8 Å². The molecule has 0 aliphatic rings. The molecular formula is C15H23NO2. The largest absolute Gasteiger partial charge is 0.550 e. The molecule has 3 nitrogen and oxygen atoms in total. The number of pyridine rings is 1. The molecule has 1 aromatic heterocycles. The number of carbonyl (C=O) groups excluding carboxylic acids is 1. The molecule has 0 unspecified atom stereocenters. The minimum absolute atomic E-state index is 0.00160. The van der Waals surface area contributed by atoms with Crippen molar-refractivity contribution in [3.05, 3.63) is 29.6 Å². The highest BCUT2D eigenvalue weighted by atomic mass is 16.4. The zero-order valence-corrected chi connectivity index (χ0v) is 11.4. The molecule has 0 aromatic carbocycles. The van der Waals surface area contributed by atoms with Gasteiger partial charge in [0.25, 0.3) is 0 Å². The lowest BCUT2D eigenvalue weighted by Crippen LogP contribution is -2.41. The van der Waals surface area contributed by atoms with Gasteiger partial charge in [-0.25, -0.2) is 4.57 Å². The molecule has 100 valence electrons. The van der Waals surface area contributed by atoms with Gasteiger partial charge in [0.1, 0.15) is 6.54 Å². The second-order valence-electron chi connectivity index (χ2n) is 4.68. The first-order valence-corrected chi connectivity index (χ1v) is 6.88. The number of aliphatic carboxylic acids is 1. The average Bonchev–Trinajstić information content (AvgIpc) is 2.35. The highest BCUT2D eigenvalue weighted by Gasteiger charge is 2.11. The van der Waals surface area contributed by atoms with E-state index < -0.39 is 5.97 Å². The van der Waals surface area contributed by atoms with Crippen LogP contribution in [0.15, 0.2) is 18.3 Å². The molecule has 0 saturated heterocycles. The molecule has 3 heteroatoms. The molecule has 1 heterocycles. The molecule has 1 rings (SSSR count). The first-order valence-electron chi connectivity index (χ1n) is 6.88. The summed E-state index contributed by atoms with van der Waals surface area (Å²) in [6.45, 7) is 5.15. The van der Waals surface area contributed by atoms with Gasteiger partial charge in [0.15, 0.2) is 11.9 Å². The van der Waals surface area contributed by atoms with Crippen molar-refractivity contribution in [2.45, 2.75) is 58.9 Å². The van der Waals surface area contributed by atoms with Gasteiger partial charge in [0, 0.05) is 18.6 Å². The number of carboxylic acid groups (broad SMARTS) is 1. The number of unbranched alkanes of at least 4 members (excludes halogenated alkanes) is 3. The molecule has 0 aliphatic carbocycles. The minimum atomic E-state index is -1.01. The standard InChI is InChI=1S/C15H23NO2/c1-3-5-6-7-9-16-10-8-13(4-2)11-14(16)12-15(17)18/h8,10-11H,3-7,9,12H2,1-2H3. The Morgan fingerprint density at radius 2 is 2.06 bits per heavy atom. The van der Waals surface area contributed by atoms with Crippen LogP contribution < -0.4 is 9.67 Å². The fourth-order valence-electron chi connectivity index (χ4n) is 2.07.